The molecule has 1 saturated heterocycles. The van der Waals surface area contributed by atoms with Crippen molar-refractivity contribution < 1.29 is 9.90 Å². The summed E-state index contributed by atoms with van der Waals surface area (Å²) in [5, 5.41) is 9.28. The molecule has 5 aromatic rings. The Morgan fingerprint density at radius 1 is 0.905 bits per heavy atom. The minimum atomic E-state index is -0.630. The monoisotopic (exact) mass is 558 g/mol. The summed E-state index contributed by atoms with van der Waals surface area (Å²) in [4.78, 5) is 27.7. The van der Waals surface area contributed by atoms with Gasteiger partial charge in [-0.1, -0.05) is 24.3 Å². The maximum Gasteiger partial charge on any atom is 0.306 e. The molecule has 212 valence electrons. The van der Waals surface area contributed by atoms with Crippen molar-refractivity contribution in [2.24, 2.45) is 11.8 Å². The van der Waals surface area contributed by atoms with Crippen molar-refractivity contribution >= 4 is 22.8 Å². The molecule has 8 nitrogen and oxygen atoms in total. The first-order valence-corrected chi connectivity index (χ1v) is 14.7. The minimum Gasteiger partial charge on any atom is -0.481 e. The fourth-order valence-electron chi connectivity index (χ4n) is 6.60. The Bertz CT molecular complexity index is 1720. The van der Waals surface area contributed by atoms with Gasteiger partial charge in [-0.05, 0) is 85.7 Å². The second kappa shape index (κ2) is 11.0. The third-order valence-corrected chi connectivity index (χ3v) is 8.99. The molecule has 0 amide bonds. The average molecular weight is 559 g/mol. The number of likely N-dealkylation sites (tertiary alicyclic amines) is 1. The van der Waals surface area contributed by atoms with Crippen LogP contribution in [0.25, 0.3) is 39.4 Å². The van der Waals surface area contributed by atoms with Crippen LogP contribution in [0.3, 0.4) is 0 Å². The largest absolute Gasteiger partial charge is 0.481 e. The molecule has 1 saturated carbocycles. The highest BCUT2D eigenvalue weighted by Crippen LogP contribution is 2.36. The van der Waals surface area contributed by atoms with Gasteiger partial charge >= 0.3 is 5.97 Å². The van der Waals surface area contributed by atoms with Gasteiger partial charge < -0.3 is 15.7 Å². The molecule has 1 aliphatic carbocycles. The lowest BCUT2D eigenvalue weighted by atomic mass is 9.80. The number of hydrogen-bond acceptors (Lipinski definition) is 6. The van der Waals surface area contributed by atoms with Gasteiger partial charge in [-0.2, -0.15) is 0 Å². The zero-order valence-electron chi connectivity index (χ0n) is 23.4. The molecule has 0 atom stereocenters. The van der Waals surface area contributed by atoms with E-state index in [1.54, 1.807) is 6.20 Å². The fraction of sp³-hybridized carbons (Fsp3) is 0.294. The van der Waals surface area contributed by atoms with Crippen molar-refractivity contribution in [2.45, 2.75) is 31.6 Å². The number of fused-ring (bicyclic) bond motifs is 1. The molecule has 3 N–H and O–H groups in total. The van der Waals surface area contributed by atoms with Gasteiger partial charge in [-0.15, -0.1) is 0 Å². The summed E-state index contributed by atoms with van der Waals surface area (Å²) >= 11 is 0. The first kappa shape index (κ1) is 26.3. The van der Waals surface area contributed by atoms with E-state index < -0.39 is 5.97 Å². The number of carbonyl (C=O) groups is 1. The van der Waals surface area contributed by atoms with E-state index in [0.717, 1.165) is 84.7 Å². The van der Waals surface area contributed by atoms with E-state index in [0.29, 0.717) is 17.7 Å². The number of aromatic nitrogens is 4. The Morgan fingerprint density at radius 2 is 1.69 bits per heavy atom. The lowest BCUT2D eigenvalue weighted by molar-refractivity contribution is -0.143. The summed E-state index contributed by atoms with van der Waals surface area (Å²) in [6.45, 7) is 3.19. The Morgan fingerprint density at radius 3 is 2.40 bits per heavy atom. The van der Waals surface area contributed by atoms with E-state index in [1.807, 2.05) is 42.6 Å². The smallest absolute Gasteiger partial charge is 0.306 e. The first-order chi connectivity index (χ1) is 20.5. The molecule has 3 aromatic heterocycles. The molecule has 4 heterocycles. The number of imidazole rings is 1. The molecule has 1 aliphatic heterocycles. The molecule has 2 aliphatic rings. The molecule has 0 unspecified atom stereocenters. The zero-order chi connectivity index (χ0) is 28.6. The number of carboxylic acid groups (broad SMARTS) is 1. The van der Waals surface area contributed by atoms with Crippen LogP contribution >= 0.6 is 0 Å². The summed E-state index contributed by atoms with van der Waals surface area (Å²) in [5.74, 6) is 1.56. The van der Waals surface area contributed by atoms with Gasteiger partial charge in [0.25, 0.3) is 0 Å². The van der Waals surface area contributed by atoms with Crippen LogP contribution in [0, 0.1) is 11.8 Å². The number of pyridine rings is 2. The van der Waals surface area contributed by atoms with Crippen LogP contribution in [0.4, 0.5) is 5.82 Å². The van der Waals surface area contributed by atoms with E-state index in [4.69, 9.17) is 10.7 Å². The van der Waals surface area contributed by atoms with Crippen molar-refractivity contribution in [2.75, 3.05) is 25.4 Å². The third kappa shape index (κ3) is 5.03. The molecular formula is C34H34N6O2. The summed E-state index contributed by atoms with van der Waals surface area (Å²) in [5.41, 5.74) is 13.3. The topological polar surface area (TPSA) is 110 Å². The normalized spacial score (nSPS) is 19.5. The van der Waals surface area contributed by atoms with Crippen LogP contribution in [0.1, 0.15) is 37.2 Å². The minimum absolute atomic E-state index is 0.145. The van der Waals surface area contributed by atoms with E-state index >= 15 is 0 Å². The maximum absolute atomic E-state index is 11.3. The molecule has 8 heteroatoms. The highest BCUT2D eigenvalue weighted by Gasteiger charge is 2.32. The summed E-state index contributed by atoms with van der Waals surface area (Å²) < 4.78 is 2.17. The van der Waals surface area contributed by atoms with Crippen molar-refractivity contribution in [3.63, 3.8) is 0 Å². The second-order valence-electron chi connectivity index (χ2n) is 11.7. The average Bonchev–Trinajstić information content (AvgIpc) is 3.38. The highest BCUT2D eigenvalue weighted by atomic mass is 16.4. The van der Waals surface area contributed by atoms with Gasteiger partial charge in [0.2, 0.25) is 0 Å². The van der Waals surface area contributed by atoms with Crippen molar-refractivity contribution in [1.29, 1.82) is 0 Å². The van der Waals surface area contributed by atoms with Crippen molar-refractivity contribution in [3.05, 3.63) is 90.8 Å². The SMILES string of the molecule is Nc1ncccc1-c1nc2ccc(-c3ccccn3)cc2n1-c1ccc(C2CN(CC3CCC(C(=O)O)CC3)C2)cc1. The Kier molecular flexibility index (Phi) is 6.91. The van der Waals surface area contributed by atoms with Gasteiger partial charge in [-0.3, -0.25) is 14.3 Å². The van der Waals surface area contributed by atoms with Crippen LogP contribution < -0.4 is 5.73 Å². The number of rotatable bonds is 7. The molecule has 7 rings (SSSR count). The Hall–Kier alpha value is -4.56. The molecule has 0 spiro atoms. The maximum atomic E-state index is 11.3. The highest BCUT2D eigenvalue weighted by molar-refractivity contribution is 5.88. The quantitative estimate of drug-likeness (QED) is 0.251. The van der Waals surface area contributed by atoms with Gasteiger partial charge in [0.15, 0.2) is 0 Å². The summed E-state index contributed by atoms with van der Waals surface area (Å²) in [7, 11) is 0. The van der Waals surface area contributed by atoms with Crippen LogP contribution in [0.2, 0.25) is 0 Å². The van der Waals surface area contributed by atoms with E-state index in [2.05, 4.69) is 55.8 Å². The molecular weight excluding hydrogens is 524 g/mol. The van der Waals surface area contributed by atoms with Gasteiger partial charge in [0, 0.05) is 49.2 Å². The molecule has 2 aromatic carbocycles. The van der Waals surface area contributed by atoms with Crippen LogP contribution in [0.15, 0.2) is 85.2 Å². The van der Waals surface area contributed by atoms with Crippen molar-refractivity contribution in [1.82, 2.24) is 24.4 Å². The number of nitrogens with two attached hydrogens (primary N) is 1. The summed E-state index contributed by atoms with van der Waals surface area (Å²) in [6.07, 6.45) is 7.19. The number of hydrogen-bond donors (Lipinski definition) is 2. The van der Waals surface area contributed by atoms with Crippen LogP contribution in [-0.2, 0) is 4.79 Å². The second-order valence-corrected chi connectivity index (χ2v) is 11.7. The number of aliphatic carboxylic acids is 1. The fourth-order valence-corrected chi connectivity index (χ4v) is 6.60. The molecule has 42 heavy (non-hydrogen) atoms. The van der Waals surface area contributed by atoms with Crippen molar-refractivity contribution in [3.8, 4) is 28.3 Å². The summed E-state index contributed by atoms with van der Waals surface area (Å²) in [6, 6.07) is 24.8. The van der Waals surface area contributed by atoms with E-state index in [-0.39, 0.29) is 5.92 Å². The standard InChI is InChI=1S/C34H34N6O2/c35-32-28(4-3-17-37-32)33-38-30-15-12-25(29-5-1-2-16-36-29)18-31(30)40(33)27-13-10-23(11-14-27)26-20-39(21-26)19-22-6-8-24(9-7-22)34(41)42/h1-5,10-18,22,24,26H,6-9,19-21H2,(H2,35,37)(H,41,42). The molecule has 2 fully saturated rings. The zero-order valence-corrected chi connectivity index (χ0v) is 23.4. The van der Waals surface area contributed by atoms with Crippen LogP contribution in [-0.4, -0.2) is 55.1 Å². The van der Waals surface area contributed by atoms with Crippen LogP contribution in [0.5, 0.6) is 0 Å². The van der Waals surface area contributed by atoms with Gasteiger partial charge in [0.05, 0.1) is 28.2 Å². The van der Waals surface area contributed by atoms with Gasteiger partial charge in [-0.25, -0.2) is 9.97 Å². The number of anilines is 1. The predicted octanol–water partition coefficient (Wildman–Crippen LogP) is 6.02. The Balaban J connectivity index is 1.14. The number of carboxylic acids is 1. The number of nitrogen functional groups attached to an aromatic ring is 1. The lowest BCUT2D eigenvalue weighted by Crippen LogP contribution is -2.47. The van der Waals surface area contributed by atoms with E-state index in [1.165, 1.54) is 5.56 Å². The van der Waals surface area contributed by atoms with Gasteiger partial charge in [0.1, 0.15) is 11.6 Å². The van der Waals surface area contributed by atoms with E-state index in [9.17, 15) is 9.90 Å². The lowest BCUT2D eigenvalue weighted by Gasteiger charge is -2.42. The number of nitrogens with zero attached hydrogens (tertiary/aromatic N) is 5. The Labute approximate surface area is 244 Å². The first-order valence-electron chi connectivity index (χ1n) is 14.7. The molecule has 0 bridgehead atoms. The number of benzene rings is 2. The third-order valence-electron chi connectivity index (χ3n) is 8.99. The predicted molar refractivity (Wildman–Crippen MR) is 164 cm³/mol. The molecule has 0 radical (unpaired) electrons.